The van der Waals surface area contributed by atoms with E-state index in [1.54, 1.807) is 0 Å². The molecular formula is C20H28N2O3. The maximum atomic E-state index is 12.1. The Balaban J connectivity index is 1.56. The Labute approximate surface area is 148 Å². The number of aliphatic hydroxyl groups is 1. The molecular weight excluding hydrogens is 316 g/mol. The molecule has 5 heteroatoms. The molecule has 2 heterocycles. The lowest BCUT2D eigenvalue weighted by Crippen LogP contribution is -2.45. The maximum absolute atomic E-state index is 12.1. The Bertz CT molecular complexity index is 710. The van der Waals surface area contributed by atoms with Crippen molar-refractivity contribution in [2.24, 2.45) is 0 Å². The molecule has 2 atom stereocenters. The summed E-state index contributed by atoms with van der Waals surface area (Å²) in [7, 11) is 0. The number of amides is 1. The summed E-state index contributed by atoms with van der Waals surface area (Å²) in [6.45, 7) is 3.35. The zero-order valence-corrected chi connectivity index (χ0v) is 14.9. The number of nitrogens with one attached hydrogen (secondary N) is 2. The zero-order chi connectivity index (χ0) is 17.6. The van der Waals surface area contributed by atoms with E-state index in [-0.39, 0.29) is 5.91 Å². The molecule has 0 radical (unpaired) electrons. The fraction of sp³-hybridized carbons (Fsp3) is 0.550. The first kappa shape index (κ1) is 18.0. The van der Waals surface area contributed by atoms with Gasteiger partial charge in [0.1, 0.15) is 17.4 Å². The van der Waals surface area contributed by atoms with Crippen LogP contribution < -0.4 is 10.6 Å². The first-order valence-corrected chi connectivity index (χ1v) is 9.38. The number of furan rings is 1. The zero-order valence-electron chi connectivity index (χ0n) is 14.9. The number of carbonyl (C=O) groups is 1. The van der Waals surface area contributed by atoms with Crippen LogP contribution in [0.3, 0.4) is 0 Å². The fourth-order valence-electron chi connectivity index (χ4n) is 3.36. The van der Waals surface area contributed by atoms with E-state index >= 15 is 0 Å². The highest BCUT2D eigenvalue weighted by Crippen LogP contribution is 2.22. The van der Waals surface area contributed by atoms with Gasteiger partial charge in [0.25, 0.3) is 0 Å². The van der Waals surface area contributed by atoms with E-state index in [1.807, 2.05) is 12.1 Å². The van der Waals surface area contributed by atoms with Crippen molar-refractivity contribution >= 4 is 16.9 Å². The van der Waals surface area contributed by atoms with Crippen molar-refractivity contribution < 1.29 is 14.3 Å². The monoisotopic (exact) mass is 344 g/mol. The second-order valence-electron chi connectivity index (χ2n) is 6.90. The van der Waals surface area contributed by atoms with Crippen molar-refractivity contribution in [2.75, 3.05) is 6.54 Å². The molecule has 1 saturated heterocycles. The topological polar surface area (TPSA) is 74.5 Å². The van der Waals surface area contributed by atoms with Crippen LogP contribution in [0.15, 0.2) is 28.7 Å². The third kappa shape index (κ3) is 4.61. The molecule has 1 fully saturated rings. The highest BCUT2D eigenvalue weighted by Gasteiger charge is 2.30. The van der Waals surface area contributed by atoms with Crippen LogP contribution >= 0.6 is 0 Å². The van der Waals surface area contributed by atoms with Gasteiger partial charge in [-0.25, -0.2) is 0 Å². The number of benzene rings is 1. The highest BCUT2D eigenvalue weighted by atomic mass is 16.3. The lowest BCUT2D eigenvalue weighted by molar-refractivity contribution is -0.124. The molecule has 1 aromatic heterocycles. The molecule has 1 amide bonds. The van der Waals surface area contributed by atoms with E-state index in [9.17, 15) is 9.90 Å². The van der Waals surface area contributed by atoms with Gasteiger partial charge in [-0.05, 0) is 43.1 Å². The van der Waals surface area contributed by atoms with Crippen molar-refractivity contribution in [3.05, 3.63) is 35.6 Å². The van der Waals surface area contributed by atoms with Gasteiger partial charge in [-0.15, -0.1) is 0 Å². The van der Waals surface area contributed by atoms with Crippen molar-refractivity contribution in [1.82, 2.24) is 10.6 Å². The smallest absolute Gasteiger partial charge is 0.240 e. The average molecular weight is 344 g/mol. The Hall–Kier alpha value is -1.85. The van der Waals surface area contributed by atoms with Gasteiger partial charge in [0.05, 0.1) is 6.10 Å². The Morgan fingerprint density at radius 1 is 1.32 bits per heavy atom. The summed E-state index contributed by atoms with van der Waals surface area (Å²) in [6, 6.07) is 7.62. The molecule has 3 N–H and O–H groups in total. The van der Waals surface area contributed by atoms with Crippen LogP contribution in [0.5, 0.6) is 0 Å². The minimum Gasteiger partial charge on any atom is -0.461 e. The number of hydrogen-bond acceptors (Lipinski definition) is 4. The van der Waals surface area contributed by atoms with Gasteiger partial charge in [-0.2, -0.15) is 0 Å². The normalized spacial score (nSPS) is 20.2. The quantitative estimate of drug-likeness (QED) is 0.644. The van der Waals surface area contributed by atoms with Crippen molar-refractivity contribution in [3.8, 4) is 0 Å². The standard InChI is InChI=1S/C20H28N2O3/c1-2-3-4-5-6-16-12-15-11-14(7-8-18(15)25-16)13-22-20(24)19-17(23)9-10-21-19/h7-8,11-12,17,19,21,23H,2-6,9-10,13H2,1H3,(H,22,24)/t17-,19-/m0/s1. The molecule has 0 bridgehead atoms. The van der Waals surface area contributed by atoms with E-state index in [2.05, 4.69) is 29.7 Å². The highest BCUT2D eigenvalue weighted by molar-refractivity contribution is 5.83. The second-order valence-corrected chi connectivity index (χ2v) is 6.90. The van der Waals surface area contributed by atoms with Crippen LogP contribution in [0.4, 0.5) is 0 Å². The van der Waals surface area contributed by atoms with E-state index in [4.69, 9.17) is 4.42 Å². The fourth-order valence-corrected chi connectivity index (χ4v) is 3.36. The van der Waals surface area contributed by atoms with Crippen molar-refractivity contribution in [1.29, 1.82) is 0 Å². The molecule has 0 saturated carbocycles. The summed E-state index contributed by atoms with van der Waals surface area (Å²) >= 11 is 0. The minimum absolute atomic E-state index is 0.145. The first-order chi connectivity index (χ1) is 12.2. The third-order valence-electron chi connectivity index (χ3n) is 4.85. The van der Waals surface area contributed by atoms with E-state index < -0.39 is 12.1 Å². The van der Waals surface area contributed by atoms with Crippen LogP contribution in [-0.2, 0) is 17.8 Å². The molecule has 136 valence electrons. The van der Waals surface area contributed by atoms with Crippen LogP contribution in [0.2, 0.25) is 0 Å². The van der Waals surface area contributed by atoms with Crippen molar-refractivity contribution in [2.45, 2.75) is 64.1 Å². The number of rotatable bonds is 8. The van der Waals surface area contributed by atoms with E-state index in [1.165, 1.54) is 19.3 Å². The summed E-state index contributed by atoms with van der Waals surface area (Å²) < 4.78 is 5.89. The molecule has 0 aliphatic carbocycles. The number of fused-ring (bicyclic) bond motifs is 1. The number of hydrogen-bond donors (Lipinski definition) is 3. The molecule has 0 unspecified atom stereocenters. The Morgan fingerprint density at radius 3 is 2.96 bits per heavy atom. The van der Waals surface area contributed by atoms with Crippen LogP contribution in [0, 0.1) is 0 Å². The van der Waals surface area contributed by atoms with Gasteiger partial charge in [0.2, 0.25) is 5.91 Å². The summed E-state index contributed by atoms with van der Waals surface area (Å²) in [5.74, 6) is 0.888. The Kier molecular flexibility index (Phi) is 6.10. The third-order valence-corrected chi connectivity index (χ3v) is 4.85. The van der Waals surface area contributed by atoms with Crippen LogP contribution in [0.25, 0.3) is 11.0 Å². The lowest BCUT2D eigenvalue weighted by atomic mass is 10.1. The number of aryl methyl sites for hydroxylation is 1. The van der Waals surface area contributed by atoms with Crippen LogP contribution in [-0.4, -0.2) is 29.7 Å². The first-order valence-electron chi connectivity index (χ1n) is 9.38. The molecule has 25 heavy (non-hydrogen) atoms. The largest absolute Gasteiger partial charge is 0.461 e. The lowest BCUT2D eigenvalue weighted by Gasteiger charge is -2.14. The SMILES string of the molecule is CCCCCCc1cc2cc(CNC(=O)[C@H]3NCC[C@@H]3O)ccc2o1. The van der Waals surface area contributed by atoms with Gasteiger partial charge in [0.15, 0.2) is 0 Å². The molecule has 0 spiro atoms. The Morgan fingerprint density at radius 2 is 2.20 bits per heavy atom. The molecule has 2 aromatic rings. The van der Waals surface area contributed by atoms with Gasteiger partial charge in [-0.1, -0.05) is 32.3 Å². The summed E-state index contributed by atoms with van der Waals surface area (Å²) in [5.41, 5.74) is 1.93. The van der Waals surface area contributed by atoms with E-state index in [0.29, 0.717) is 19.5 Å². The number of carbonyl (C=O) groups excluding carboxylic acids is 1. The number of aliphatic hydroxyl groups excluding tert-OH is 1. The average Bonchev–Trinajstić information content (AvgIpc) is 3.21. The molecule has 1 aliphatic heterocycles. The summed E-state index contributed by atoms with van der Waals surface area (Å²) in [5, 5.41) is 16.8. The summed E-state index contributed by atoms with van der Waals surface area (Å²) in [6.07, 6.45) is 5.93. The van der Waals surface area contributed by atoms with E-state index in [0.717, 1.165) is 35.1 Å². The van der Waals surface area contributed by atoms with Crippen molar-refractivity contribution in [3.63, 3.8) is 0 Å². The van der Waals surface area contributed by atoms with Gasteiger partial charge in [-0.3, -0.25) is 4.79 Å². The predicted octanol–water partition coefficient (Wildman–Crippen LogP) is 2.89. The maximum Gasteiger partial charge on any atom is 0.240 e. The molecule has 1 aliphatic rings. The van der Waals surface area contributed by atoms with Gasteiger partial charge >= 0.3 is 0 Å². The minimum atomic E-state index is -0.591. The number of unbranched alkanes of at least 4 members (excludes halogenated alkanes) is 3. The molecule has 1 aromatic carbocycles. The van der Waals surface area contributed by atoms with Crippen LogP contribution in [0.1, 0.15) is 50.4 Å². The molecule has 5 nitrogen and oxygen atoms in total. The predicted molar refractivity (Wildman–Crippen MR) is 98.3 cm³/mol. The van der Waals surface area contributed by atoms with Gasteiger partial charge < -0.3 is 20.2 Å². The summed E-state index contributed by atoms with van der Waals surface area (Å²) in [4.78, 5) is 12.1. The van der Waals surface area contributed by atoms with Gasteiger partial charge in [0, 0.05) is 18.4 Å². The molecule has 3 rings (SSSR count). The second kappa shape index (κ2) is 8.50.